The molecule has 1 heteroatoms. The van der Waals surface area contributed by atoms with Gasteiger partial charge in [-0.05, 0) is 36.2 Å². The molecule has 0 bridgehead atoms. The van der Waals surface area contributed by atoms with Gasteiger partial charge in [-0.1, -0.05) is 38.7 Å². The zero-order chi connectivity index (χ0) is 10.7. The lowest BCUT2D eigenvalue weighted by Gasteiger charge is -2.41. The van der Waals surface area contributed by atoms with Crippen molar-refractivity contribution in [1.29, 1.82) is 0 Å². The Morgan fingerprint density at radius 3 is 2.67 bits per heavy atom. The van der Waals surface area contributed by atoms with Crippen LogP contribution in [0.15, 0.2) is 17.1 Å². The predicted molar refractivity (Wildman–Crippen MR) is 66.3 cm³/mol. The summed E-state index contributed by atoms with van der Waals surface area (Å²) in [5, 5.41) is 0. The summed E-state index contributed by atoms with van der Waals surface area (Å²) in [5.74, 6) is 2.67. The lowest BCUT2D eigenvalue weighted by molar-refractivity contribution is 0.127. The molecule has 2 rings (SSSR count). The number of allylic oxidation sites excluding steroid dienone is 1. The molecule has 0 aliphatic heterocycles. The minimum atomic E-state index is 0.743. The Morgan fingerprint density at radius 2 is 1.87 bits per heavy atom. The molecule has 0 aromatic rings. The van der Waals surface area contributed by atoms with E-state index in [1.54, 1.807) is 0 Å². The van der Waals surface area contributed by atoms with Gasteiger partial charge in [-0.15, -0.1) is 0 Å². The van der Waals surface area contributed by atoms with Crippen molar-refractivity contribution in [2.75, 3.05) is 7.05 Å². The summed E-state index contributed by atoms with van der Waals surface area (Å²) in [6, 6.07) is 0. The predicted octanol–water partition coefficient (Wildman–Crippen LogP) is 3.85. The Kier molecular flexibility index (Phi) is 3.61. The molecule has 1 nitrogen and oxygen atoms in total. The molecule has 2 aliphatic rings. The molecule has 2 aliphatic carbocycles. The molecule has 84 valence electrons. The Bertz CT molecular complexity index is 252. The van der Waals surface area contributed by atoms with E-state index in [4.69, 9.17) is 0 Å². The van der Waals surface area contributed by atoms with Gasteiger partial charge in [0.2, 0.25) is 0 Å². The summed E-state index contributed by atoms with van der Waals surface area (Å²) in [6.45, 7) is 4.21. The summed E-state index contributed by atoms with van der Waals surface area (Å²) in [4.78, 5) is 4.12. The molecule has 0 N–H and O–H groups in total. The van der Waals surface area contributed by atoms with Crippen molar-refractivity contribution in [2.45, 2.75) is 44.9 Å². The fourth-order valence-electron chi connectivity index (χ4n) is 3.66. The van der Waals surface area contributed by atoms with Crippen LogP contribution in [-0.4, -0.2) is 13.3 Å². The van der Waals surface area contributed by atoms with Crippen molar-refractivity contribution < 1.29 is 0 Å². The summed E-state index contributed by atoms with van der Waals surface area (Å²) in [7, 11) is 1.85. The van der Waals surface area contributed by atoms with Crippen LogP contribution in [0, 0.1) is 17.8 Å². The monoisotopic (exact) mass is 205 g/mol. The lowest BCUT2D eigenvalue weighted by Crippen LogP contribution is -2.32. The molecular weight excluding hydrogens is 182 g/mol. The topological polar surface area (TPSA) is 12.4 Å². The van der Waals surface area contributed by atoms with E-state index in [1.807, 2.05) is 13.3 Å². The van der Waals surface area contributed by atoms with Gasteiger partial charge in [0.05, 0.1) is 0 Å². The highest BCUT2D eigenvalue weighted by Gasteiger charge is 2.35. The Morgan fingerprint density at radius 1 is 1.13 bits per heavy atom. The highest BCUT2D eigenvalue weighted by atomic mass is 14.6. The van der Waals surface area contributed by atoms with Crippen molar-refractivity contribution in [3.05, 3.63) is 12.2 Å². The zero-order valence-corrected chi connectivity index (χ0v) is 9.91. The van der Waals surface area contributed by atoms with Gasteiger partial charge in [0.15, 0.2) is 0 Å². The number of aliphatic imine (C=N–C) groups is 1. The number of hydrogen-bond acceptors (Lipinski definition) is 1. The van der Waals surface area contributed by atoms with Crippen molar-refractivity contribution >= 4 is 6.21 Å². The van der Waals surface area contributed by atoms with Gasteiger partial charge in [0.25, 0.3) is 0 Å². The fraction of sp³-hybridized carbons (Fsp3) is 0.786. The van der Waals surface area contributed by atoms with Gasteiger partial charge in [-0.25, -0.2) is 0 Å². The van der Waals surface area contributed by atoms with Crippen LogP contribution in [0.1, 0.15) is 44.9 Å². The van der Waals surface area contributed by atoms with Gasteiger partial charge in [-0.2, -0.15) is 0 Å². The fourth-order valence-corrected chi connectivity index (χ4v) is 3.66. The maximum atomic E-state index is 4.21. The highest BCUT2D eigenvalue weighted by Crippen LogP contribution is 2.45. The number of rotatable bonds is 2. The third kappa shape index (κ3) is 2.32. The van der Waals surface area contributed by atoms with Crippen LogP contribution in [0.25, 0.3) is 0 Å². The minimum absolute atomic E-state index is 0.743. The summed E-state index contributed by atoms with van der Waals surface area (Å²) in [5.41, 5.74) is 1.29. The molecule has 0 spiro atoms. The molecule has 2 saturated carbocycles. The first kappa shape index (κ1) is 10.9. The van der Waals surface area contributed by atoms with Crippen LogP contribution in [0.4, 0.5) is 0 Å². The number of hydrogen-bond donors (Lipinski definition) is 0. The van der Waals surface area contributed by atoms with Gasteiger partial charge in [0, 0.05) is 13.3 Å². The van der Waals surface area contributed by atoms with Crippen molar-refractivity contribution in [3.63, 3.8) is 0 Å². The standard InChI is InChI=1S/C14H23N/c1-11(10-15-2)13-9-5-7-12-6-3-4-8-14(12)13/h10,12-14H,1,3-9H2,2H3. The molecule has 2 fully saturated rings. The van der Waals surface area contributed by atoms with E-state index < -0.39 is 0 Å². The quantitative estimate of drug-likeness (QED) is 0.607. The Balaban J connectivity index is 2.06. The van der Waals surface area contributed by atoms with Crippen molar-refractivity contribution in [2.24, 2.45) is 22.7 Å². The maximum Gasteiger partial charge on any atom is 0.0277 e. The van der Waals surface area contributed by atoms with Crippen LogP contribution < -0.4 is 0 Å². The minimum Gasteiger partial charge on any atom is -0.296 e. The largest absolute Gasteiger partial charge is 0.296 e. The second kappa shape index (κ2) is 4.96. The first-order valence-electron chi connectivity index (χ1n) is 6.44. The van der Waals surface area contributed by atoms with Crippen LogP contribution in [0.5, 0.6) is 0 Å². The average molecular weight is 205 g/mol. The van der Waals surface area contributed by atoms with Crippen molar-refractivity contribution in [1.82, 2.24) is 0 Å². The summed E-state index contributed by atoms with van der Waals surface area (Å²) in [6.07, 6.45) is 12.0. The van der Waals surface area contributed by atoms with E-state index in [-0.39, 0.29) is 0 Å². The smallest absolute Gasteiger partial charge is 0.0277 e. The molecule has 3 unspecified atom stereocenters. The molecule has 0 amide bonds. The van der Waals surface area contributed by atoms with Gasteiger partial charge < -0.3 is 0 Å². The summed E-state index contributed by atoms with van der Waals surface area (Å²) < 4.78 is 0. The highest BCUT2D eigenvalue weighted by molar-refractivity contribution is 5.78. The van der Waals surface area contributed by atoms with E-state index in [0.29, 0.717) is 0 Å². The second-order valence-electron chi connectivity index (χ2n) is 5.21. The van der Waals surface area contributed by atoms with Crippen LogP contribution in [0.2, 0.25) is 0 Å². The molecule has 15 heavy (non-hydrogen) atoms. The van der Waals surface area contributed by atoms with E-state index in [0.717, 1.165) is 17.8 Å². The molecule has 0 aromatic carbocycles. The van der Waals surface area contributed by atoms with Gasteiger partial charge in [0.1, 0.15) is 0 Å². The number of fused-ring (bicyclic) bond motifs is 1. The Hall–Kier alpha value is -0.590. The molecule has 0 heterocycles. The number of nitrogens with zero attached hydrogens (tertiary/aromatic N) is 1. The SMILES string of the molecule is C=C(C=NC)C1CCCC2CCCCC21. The van der Waals surface area contributed by atoms with E-state index in [9.17, 15) is 0 Å². The van der Waals surface area contributed by atoms with Crippen LogP contribution in [0.3, 0.4) is 0 Å². The molecule has 0 aromatic heterocycles. The summed E-state index contributed by atoms with van der Waals surface area (Å²) >= 11 is 0. The lowest BCUT2D eigenvalue weighted by atomic mass is 9.64. The molecular formula is C14H23N. The molecule has 3 atom stereocenters. The zero-order valence-electron chi connectivity index (χ0n) is 9.91. The van der Waals surface area contributed by atoms with Crippen molar-refractivity contribution in [3.8, 4) is 0 Å². The normalized spacial score (nSPS) is 36.5. The first-order valence-corrected chi connectivity index (χ1v) is 6.44. The Labute approximate surface area is 93.7 Å². The molecule has 0 radical (unpaired) electrons. The van der Waals surface area contributed by atoms with Gasteiger partial charge >= 0.3 is 0 Å². The third-order valence-electron chi connectivity index (χ3n) is 4.35. The first-order chi connectivity index (χ1) is 7.33. The average Bonchev–Trinajstić information content (AvgIpc) is 2.28. The maximum absolute atomic E-state index is 4.21. The van der Waals surface area contributed by atoms with Gasteiger partial charge in [-0.3, -0.25) is 4.99 Å². The molecule has 0 saturated heterocycles. The van der Waals surface area contributed by atoms with E-state index in [2.05, 4.69) is 11.6 Å². The van der Waals surface area contributed by atoms with E-state index in [1.165, 1.54) is 50.5 Å². The van der Waals surface area contributed by atoms with E-state index >= 15 is 0 Å². The second-order valence-corrected chi connectivity index (χ2v) is 5.21. The van der Waals surface area contributed by atoms with Crippen LogP contribution in [-0.2, 0) is 0 Å². The third-order valence-corrected chi connectivity index (χ3v) is 4.35. The van der Waals surface area contributed by atoms with Crippen LogP contribution >= 0.6 is 0 Å².